The van der Waals surface area contributed by atoms with Crippen molar-refractivity contribution in [3.63, 3.8) is 0 Å². The van der Waals surface area contributed by atoms with Crippen LogP contribution in [0.15, 0.2) is 76.3 Å². The van der Waals surface area contributed by atoms with Gasteiger partial charge in [0.25, 0.3) is 5.56 Å². The fraction of sp³-hybridized carbons (Fsp3) is 0.158. The molecule has 3 rings (SSSR count). The predicted octanol–water partition coefficient (Wildman–Crippen LogP) is 2.28. The Labute approximate surface area is 139 Å². The van der Waals surface area contributed by atoms with Crippen LogP contribution in [0.25, 0.3) is 0 Å². The van der Waals surface area contributed by atoms with E-state index in [0.29, 0.717) is 18.9 Å². The van der Waals surface area contributed by atoms with Gasteiger partial charge in [0.2, 0.25) is 0 Å². The summed E-state index contributed by atoms with van der Waals surface area (Å²) in [7, 11) is 1.46. The number of rotatable bonds is 5. The summed E-state index contributed by atoms with van der Waals surface area (Å²) in [6, 6.07) is 21.4. The summed E-state index contributed by atoms with van der Waals surface area (Å²) in [5.74, 6) is 0.524. The second kappa shape index (κ2) is 7.00. The first-order valence-corrected chi connectivity index (χ1v) is 7.76. The number of aromatic amines is 1. The van der Waals surface area contributed by atoms with Gasteiger partial charge in [0.05, 0.1) is 0 Å². The highest BCUT2D eigenvalue weighted by atomic mass is 16.2. The Bertz CT molecular complexity index is 842. The summed E-state index contributed by atoms with van der Waals surface area (Å²) in [6.07, 6.45) is 0. The van der Waals surface area contributed by atoms with E-state index in [1.807, 2.05) is 65.6 Å². The van der Waals surface area contributed by atoms with E-state index in [-0.39, 0.29) is 5.56 Å². The average Bonchev–Trinajstić information content (AvgIpc) is 2.60. The van der Waals surface area contributed by atoms with Crippen LogP contribution in [0.5, 0.6) is 0 Å². The molecule has 1 aromatic heterocycles. The van der Waals surface area contributed by atoms with Crippen molar-refractivity contribution in [3.8, 4) is 0 Å². The van der Waals surface area contributed by atoms with Crippen LogP contribution in [-0.4, -0.2) is 9.55 Å². The van der Waals surface area contributed by atoms with Crippen molar-refractivity contribution in [2.24, 2.45) is 7.05 Å². The maximum atomic E-state index is 12.0. The van der Waals surface area contributed by atoms with Gasteiger partial charge >= 0.3 is 5.69 Å². The van der Waals surface area contributed by atoms with Gasteiger partial charge in [-0.05, 0) is 11.1 Å². The number of benzene rings is 2. The second-order valence-corrected chi connectivity index (χ2v) is 5.68. The monoisotopic (exact) mass is 321 g/mol. The van der Waals surface area contributed by atoms with E-state index >= 15 is 0 Å². The third-order valence-corrected chi connectivity index (χ3v) is 3.90. The lowest BCUT2D eigenvalue weighted by atomic mass is 10.1. The van der Waals surface area contributed by atoms with Crippen molar-refractivity contribution >= 4 is 5.82 Å². The number of aromatic nitrogens is 2. The maximum Gasteiger partial charge on any atom is 0.329 e. The van der Waals surface area contributed by atoms with Crippen molar-refractivity contribution in [2.75, 3.05) is 4.90 Å². The number of nitrogens with zero attached hydrogens (tertiary/aromatic N) is 2. The number of anilines is 1. The lowest BCUT2D eigenvalue weighted by Gasteiger charge is -2.24. The summed E-state index contributed by atoms with van der Waals surface area (Å²) < 4.78 is 1.06. The zero-order valence-electron chi connectivity index (χ0n) is 13.5. The van der Waals surface area contributed by atoms with Gasteiger partial charge in [0.15, 0.2) is 0 Å². The standard InChI is InChI=1S/C19H19N3O2/c1-21-18(23)12-17(20-19(21)24)22(13-15-8-4-2-5-9-15)14-16-10-6-3-7-11-16/h2-12H,13-14H2,1H3,(H,20,24). The van der Waals surface area contributed by atoms with Crippen molar-refractivity contribution in [2.45, 2.75) is 13.1 Å². The summed E-state index contributed by atoms with van der Waals surface area (Å²) in [4.78, 5) is 28.7. The lowest BCUT2D eigenvalue weighted by molar-refractivity contribution is 0.732. The van der Waals surface area contributed by atoms with Crippen LogP contribution in [0.4, 0.5) is 5.82 Å². The molecule has 0 aliphatic carbocycles. The summed E-state index contributed by atoms with van der Waals surface area (Å²) >= 11 is 0. The van der Waals surface area contributed by atoms with Crippen molar-refractivity contribution in [3.05, 3.63) is 98.7 Å². The summed E-state index contributed by atoms with van der Waals surface area (Å²) in [5, 5.41) is 0. The highest BCUT2D eigenvalue weighted by molar-refractivity contribution is 5.39. The van der Waals surface area contributed by atoms with Crippen molar-refractivity contribution in [1.82, 2.24) is 9.55 Å². The third kappa shape index (κ3) is 3.63. The molecule has 0 bridgehead atoms. The molecular formula is C19H19N3O2. The van der Waals surface area contributed by atoms with Gasteiger partial charge in [-0.3, -0.25) is 14.3 Å². The zero-order valence-corrected chi connectivity index (χ0v) is 13.5. The van der Waals surface area contributed by atoms with Crippen LogP contribution in [-0.2, 0) is 20.1 Å². The van der Waals surface area contributed by atoms with E-state index in [0.717, 1.165) is 15.7 Å². The van der Waals surface area contributed by atoms with Crippen molar-refractivity contribution in [1.29, 1.82) is 0 Å². The molecular weight excluding hydrogens is 302 g/mol. The maximum absolute atomic E-state index is 12.0. The van der Waals surface area contributed by atoms with Gasteiger partial charge in [-0.25, -0.2) is 4.79 Å². The highest BCUT2D eigenvalue weighted by Gasteiger charge is 2.11. The molecule has 0 aliphatic rings. The predicted molar refractivity (Wildman–Crippen MR) is 95.1 cm³/mol. The molecule has 0 unspecified atom stereocenters. The van der Waals surface area contributed by atoms with E-state index in [2.05, 4.69) is 4.98 Å². The molecule has 2 aromatic carbocycles. The van der Waals surface area contributed by atoms with E-state index in [1.165, 1.54) is 13.1 Å². The molecule has 24 heavy (non-hydrogen) atoms. The Morgan fingerprint density at radius 3 is 1.83 bits per heavy atom. The molecule has 0 radical (unpaired) electrons. The number of nitrogens with one attached hydrogen (secondary N) is 1. The Morgan fingerprint density at radius 1 is 0.875 bits per heavy atom. The first kappa shape index (κ1) is 15.8. The fourth-order valence-corrected chi connectivity index (χ4v) is 2.55. The molecule has 5 nitrogen and oxygen atoms in total. The molecule has 0 saturated heterocycles. The molecule has 5 heteroatoms. The first-order valence-electron chi connectivity index (χ1n) is 7.76. The largest absolute Gasteiger partial charge is 0.349 e. The van der Waals surface area contributed by atoms with Crippen LogP contribution >= 0.6 is 0 Å². The molecule has 122 valence electrons. The Kier molecular flexibility index (Phi) is 4.61. The molecule has 0 amide bonds. The number of hydrogen-bond acceptors (Lipinski definition) is 3. The Hall–Kier alpha value is -3.08. The normalized spacial score (nSPS) is 10.5. The second-order valence-electron chi connectivity index (χ2n) is 5.68. The SMILES string of the molecule is Cn1c(=O)cc(N(Cc2ccccc2)Cc2ccccc2)[nH]c1=O. The summed E-state index contributed by atoms with van der Waals surface area (Å²) in [6.45, 7) is 1.19. The van der Waals surface area contributed by atoms with Gasteiger partial charge in [-0.1, -0.05) is 60.7 Å². The van der Waals surface area contributed by atoms with Gasteiger partial charge in [0, 0.05) is 26.2 Å². The Balaban J connectivity index is 1.98. The molecule has 0 fully saturated rings. The average molecular weight is 321 g/mol. The Morgan fingerprint density at radius 2 is 1.38 bits per heavy atom. The number of hydrogen-bond donors (Lipinski definition) is 1. The van der Waals surface area contributed by atoms with Crippen LogP contribution in [0.2, 0.25) is 0 Å². The quantitative estimate of drug-likeness (QED) is 0.784. The molecule has 0 saturated carbocycles. The van der Waals surface area contributed by atoms with Crippen LogP contribution in [0.3, 0.4) is 0 Å². The van der Waals surface area contributed by atoms with Crippen molar-refractivity contribution < 1.29 is 0 Å². The van der Waals surface area contributed by atoms with E-state index in [9.17, 15) is 9.59 Å². The minimum atomic E-state index is -0.413. The minimum Gasteiger partial charge on any atom is -0.349 e. The van der Waals surface area contributed by atoms with Crippen LogP contribution < -0.4 is 16.1 Å². The molecule has 0 spiro atoms. The first-order chi connectivity index (χ1) is 11.6. The molecule has 0 atom stereocenters. The molecule has 0 aliphatic heterocycles. The molecule has 1 N–H and O–H groups in total. The smallest absolute Gasteiger partial charge is 0.329 e. The molecule has 1 heterocycles. The fourth-order valence-electron chi connectivity index (χ4n) is 2.55. The molecule has 3 aromatic rings. The van der Waals surface area contributed by atoms with Gasteiger partial charge in [-0.2, -0.15) is 0 Å². The zero-order chi connectivity index (χ0) is 16.9. The number of H-pyrrole nitrogens is 1. The highest BCUT2D eigenvalue weighted by Crippen LogP contribution is 2.15. The van der Waals surface area contributed by atoms with Gasteiger partial charge in [0.1, 0.15) is 5.82 Å². The van der Waals surface area contributed by atoms with Gasteiger partial charge in [-0.15, -0.1) is 0 Å². The van der Waals surface area contributed by atoms with Gasteiger partial charge < -0.3 is 4.90 Å². The topological polar surface area (TPSA) is 58.1 Å². The lowest BCUT2D eigenvalue weighted by Crippen LogP contribution is -2.35. The van der Waals surface area contributed by atoms with E-state index < -0.39 is 5.69 Å². The van der Waals surface area contributed by atoms with Crippen LogP contribution in [0.1, 0.15) is 11.1 Å². The third-order valence-electron chi connectivity index (χ3n) is 3.90. The van der Waals surface area contributed by atoms with E-state index in [1.54, 1.807) is 0 Å². The van der Waals surface area contributed by atoms with Crippen LogP contribution in [0, 0.1) is 0 Å². The minimum absolute atomic E-state index is 0.320. The van der Waals surface area contributed by atoms with E-state index in [4.69, 9.17) is 0 Å². The summed E-state index contributed by atoms with van der Waals surface area (Å²) in [5.41, 5.74) is 1.48.